The minimum atomic E-state index is -5.08. The third kappa shape index (κ3) is 6.57. The summed E-state index contributed by atoms with van der Waals surface area (Å²) in [6, 6.07) is 9.65. The molecule has 1 saturated heterocycles. The lowest BCUT2D eigenvalue weighted by atomic mass is 10.2. The molecule has 1 unspecified atom stereocenters. The highest BCUT2D eigenvalue weighted by molar-refractivity contribution is 5.76. The summed E-state index contributed by atoms with van der Waals surface area (Å²) in [5.41, 5.74) is 1.03. The van der Waals surface area contributed by atoms with Crippen LogP contribution in [0.15, 0.2) is 30.3 Å². The summed E-state index contributed by atoms with van der Waals surface area (Å²) in [5.74, 6) is -2.89. The van der Waals surface area contributed by atoms with Gasteiger partial charge in [0, 0.05) is 0 Å². The van der Waals surface area contributed by atoms with E-state index < -0.39 is 12.1 Å². The van der Waals surface area contributed by atoms with Crippen LogP contribution in [-0.4, -0.2) is 35.8 Å². The molecule has 1 fully saturated rings. The summed E-state index contributed by atoms with van der Waals surface area (Å²) in [5, 5.41) is 10.2. The van der Waals surface area contributed by atoms with Gasteiger partial charge in [-0.05, 0) is 24.9 Å². The topological polar surface area (TPSA) is 75.6 Å². The highest BCUT2D eigenvalue weighted by Crippen LogP contribution is 2.13. The van der Waals surface area contributed by atoms with Crippen LogP contribution in [0.3, 0.4) is 0 Å². The average molecular weight is 319 g/mol. The number of carboxylic acids is 1. The van der Waals surface area contributed by atoms with Gasteiger partial charge in [-0.1, -0.05) is 30.3 Å². The number of alkyl halides is 3. The molecule has 1 aromatic carbocycles. The molecule has 0 spiro atoms. The number of carbonyl (C=O) groups excluding carboxylic acids is 1. The molecule has 0 saturated carbocycles. The second-order valence-corrected chi connectivity index (χ2v) is 4.55. The van der Waals surface area contributed by atoms with E-state index in [1.165, 1.54) is 0 Å². The van der Waals surface area contributed by atoms with Crippen molar-refractivity contribution < 1.29 is 32.6 Å². The fraction of sp³-hybridized carbons (Fsp3) is 0.429. The second kappa shape index (κ2) is 8.38. The summed E-state index contributed by atoms with van der Waals surface area (Å²) in [6.45, 7) is 1.29. The number of hydrogen-bond donors (Lipinski definition) is 2. The SMILES string of the molecule is O=C(O)C(F)(F)F.O=C(OCc1ccccc1)C1CCCN1. The average Bonchev–Trinajstić information content (AvgIpc) is 3.00. The Balaban J connectivity index is 0.000000295. The molecule has 1 aliphatic heterocycles. The fourth-order valence-electron chi connectivity index (χ4n) is 1.72. The number of aliphatic carboxylic acids is 1. The van der Waals surface area contributed by atoms with Gasteiger partial charge in [0.15, 0.2) is 0 Å². The number of ether oxygens (including phenoxy) is 1. The zero-order valence-electron chi connectivity index (χ0n) is 11.6. The van der Waals surface area contributed by atoms with Crippen LogP contribution in [0.25, 0.3) is 0 Å². The molecule has 122 valence electrons. The van der Waals surface area contributed by atoms with E-state index in [0.717, 1.165) is 24.9 Å². The van der Waals surface area contributed by atoms with Crippen LogP contribution in [0, 0.1) is 0 Å². The Kier molecular flexibility index (Phi) is 6.84. The first kappa shape index (κ1) is 18.0. The standard InChI is InChI=1S/C12H15NO2.C2HF3O2/c14-12(11-7-4-8-13-11)15-9-10-5-2-1-3-6-10;3-2(4,5)1(6)7/h1-3,5-6,11,13H,4,7-9H2;(H,6,7). The predicted octanol–water partition coefficient (Wildman–Crippen LogP) is 2.12. The normalized spacial score (nSPS) is 17.3. The lowest BCUT2D eigenvalue weighted by Crippen LogP contribution is -2.32. The third-order valence-electron chi connectivity index (χ3n) is 2.81. The van der Waals surface area contributed by atoms with Crippen molar-refractivity contribution in [3.63, 3.8) is 0 Å². The van der Waals surface area contributed by atoms with Gasteiger partial charge in [-0.15, -0.1) is 0 Å². The summed E-state index contributed by atoms with van der Waals surface area (Å²) >= 11 is 0. The molecule has 2 N–H and O–H groups in total. The van der Waals surface area contributed by atoms with Crippen LogP contribution in [0.4, 0.5) is 13.2 Å². The lowest BCUT2D eigenvalue weighted by molar-refractivity contribution is -0.192. The monoisotopic (exact) mass is 319 g/mol. The summed E-state index contributed by atoms with van der Waals surface area (Å²) in [6.07, 6.45) is -3.13. The van der Waals surface area contributed by atoms with Crippen LogP contribution < -0.4 is 5.32 Å². The predicted molar refractivity (Wildman–Crippen MR) is 71.0 cm³/mol. The maximum atomic E-state index is 11.5. The van der Waals surface area contributed by atoms with E-state index in [0.29, 0.717) is 6.61 Å². The fourth-order valence-corrected chi connectivity index (χ4v) is 1.72. The van der Waals surface area contributed by atoms with Crippen molar-refractivity contribution in [2.45, 2.75) is 31.7 Å². The number of rotatable bonds is 3. The number of halogens is 3. The minimum Gasteiger partial charge on any atom is -0.475 e. The first-order valence-electron chi connectivity index (χ1n) is 6.54. The molecule has 0 aliphatic carbocycles. The highest BCUT2D eigenvalue weighted by Gasteiger charge is 2.38. The summed E-state index contributed by atoms with van der Waals surface area (Å²) < 4.78 is 36.9. The van der Waals surface area contributed by atoms with E-state index in [9.17, 15) is 18.0 Å². The Morgan fingerprint density at radius 3 is 2.32 bits per heavy atom. The van der Waals surface area contributed by atoms with Crippen LogP contribution >= 0.6 is 0 Å². The van der Waals surface area contributed by atoms with E-state index in [1.807, 2.05) is 30.3 Å². The van der Waals surface area contributed by atoms with Crippen LogP contribution in [-0.2, 0) is 20.9 Å². The van der Waals surface area contributed by atoms with Crippen molar-refractivity contribution in [3.8, 4) is 0 Å². The van der Waals surface area contributed by atoms with Crippen LogP contribution in [0.2, 0.25) is 0 Å². The van der Waals surface area contributed by atoms with Gasteiger partial charge >= 0.3 is 18.1 Å². The van der Waals surface area contributed by atoms with E-state index in [4.69, 9.17) is 14.6 Å². The molecule has 0 amide bonds. The quantitative estimate of drug-likeness (QED) is 0.835. The van der Waals surface area contributed by atoms with Gasteiger partial charge in [-0.25, -0.2) is 4.79 Å². The smallest absolute Gasteiger partial charge is 0.475 e. The molecule has 2 rings (SSSR count). The molecule has 1 aliphatic rings. The Morgan fingerprint density at radius 1 is 1.27 bits per heavy atom. The molecule has 0 aromatic heterocycles. The molecule has 1 atom stereocenters. The zero-order chi connectivity index (χ0) is 16.6. The van der Waals surface area contributed by atoms with E-state index in [-0.39, 0.29) is 12.0 Å². The number of hydrogen-bond acceptors (Lipinski definition) is 4. The van der Waals surface area contributed by atoms with E-state index in [2.05, 4.69) is 5.32 Å². The molecule has 0 radical (unpaired) electrons. The molecule has 1 heterocycles. The van der Waals surface area contributed by atoms with Gasteiger partial charge in [0.05, 0.1) is 0 Å². The van der Waals surface area contributed by atoms with Crippen LogP contribution in [0.1, 0.15) is 18.4 Å². The van der Waals surface area contributed by atoms with Crippen molar-refractivity contribution >= 4 is 11.9 Å². The van der Waals surface area contributed by atoms with Gasteiger partial charge in [0.1, 0.15) is 12.6 Å². The van der Waals surface area contributed by atoms with Gasteiger partial charge in [-0.3, -0.25) is 4.79 Å². The first-order chi connectivity index (χ1) is 10.3. The van der Waals surface area contributed by atoms with Crippen LogP contribution in [0.5, 0.6) is 0 Å². The van der Waals surface area contributed by atoms with Gasteiger partial charge in [0.2, 0.25) is 0 Å². The van der Waals surface area contributed by atoms with Gasteiger partial charge in [-0.2, -0.15) is 13.2 Å². The Morgan fingerprint density at radius 2 is 1.86 bits per heavy atom. The zero-order valence-corrected chi connectivity index (χ0v) is 11.6. The molecule has 1 aromatic rings. The number of carboxylic acid groups (broad SMARTS) is 1. The number of benzene rings is 1. The highest BCUT2D eigenvalue weighted by atomic mass is 19.4. The van der Waals surface area contributed by atoms with Gasteiger partial charge < -0.3 is 15.2 Å². The number of nitrogens with one attached hydrogen (secondary N) is 1. The van der Waals surface area contributed by atoms with Crippen molar-refractivity contribution in [1.29, 1.82) is 0 Å². The maximum Gasteiger partial charge on any atom is 0.490 e. The molecular formula is C14H16F3NO4. The first-order valence-corrected chi connectivity index (χ1v) is 6.54. The van der Waals surface area contributed by atoms with Gasteiger partial charge in [0.25, 0.3) is 0 Å². The molecule has 5 nitrogen and oxygen atoms in total. The molecule has 0 bridgehead atoms. The maximum absolute atomic E-state index is 11.5. The Hall–Kier alpha value is -2.09. The molecular weight excluding hydrogens is 303 g/mol. The third-order valence-corrected chi connectivity index (χ3v) is 2.81. The summed E-state index contributed by atoms with van der Waals surface area (Å²) in [4.78, 5) is 20.4. The van der Waals surface area contributed by atoms with Crippen molar-refractivity contribution in [2.75, 3.05) is 6.54 Å². The second-order valence-electron chi connectivity index (χ2n) is 4.55. The minimum absolute atomic E-state index is 0.0892. The Bertz CT molecular complexity index is 485. The molecule has 22 heavy (non-hydrogen) atoms. The molecule has 8 heteroatoms. The number of carbonyl (C=O) groups is 2. The van der Waals surface area contributed by atoms with Crippen molar-refractivity contribution in [2.24, 2.45) is 0 Å². The van der Waals surface area contributed by atoms with Crippen molar-refractivity contribution in [3.05, 3.63) is 35.9 Å². The number of esters is 1. The summed E-state index contributed by atoms with van der Waals surface area (Å²) in [7, 11) is 0. The van der Waals surface area contributed by atoms with E-state index >= 15 is 0 Å². The Labute approximate surface area is 125 Å². The van der Waals surface area contributed by atoms with E-state index in [1.54, 1.807) is 0 Å². The lowest BCUT2D eigenvalue weighted by Gasteiger charge is -2.09. The largest absolute Gasteiger partial charge is 0.490 e. The van der Waals surface area contributed by atoms with Crippen molar-refractivity contribution in [1.82, 2.24) is 5.32 Å².